The van der Waals surface area contributed by atoms with Crippen molar-refractivity contribution in [3.63, 3.8) is 0 Å². The highest BCUT2D eigenvalue weighted by Crippen LogP contribution is 2.23. The van der Waals surface area contributed by atoms with Crippen LogP contribution in [0.4, 0.5) is 0 Å². The Balaban J connectivity index is 1.71. The number of esters is 1. The van der Waals surface area contributed by atoms with Gasteiger partial charge in [-0.2, -0.15) is 0 Å². The van der Waals surface area contributed by atoms with Gasteiger partial charge >= 0.3 is 5.97 Å². The van der Waals surface area contributed by atoms with Crippen LogP contribution in [-0.2, 0) is 9.53 Å². The number of hydrogen-bond acceptors (Lipinski definition) is 6. The van der Waals surface area contributed by atoms with Gasteiger partial charge in [-0.05, 0) is 11.4 Å². The Labute approximate surface area is 116 Å². The Hall–Kier alpha value is -0.560. The monoisotopic (exact) mass is 286 g/mol. The van der Waals surface area contributed by atoms with Crippen molar-refractivity contribution in [2.75, 3.05) is 39.0 Å². The molecule has 1 N–H and O–H groups in total. The summed E-state index contributed by atoms with van der Waals surface area (Å²) in [6.07, 6.45) is 0. The summed E-state index contributed by atoms with van der Waals surface area (Å²) in [5.41, 5.74) is 0. The third-order valence-corrected chi connectivity index (χ3v) is 5.00. The van der Waals surface area contributed by atoms with Crippen LogP contribution in [0.1, 0.15) is 0 Å². The van der Waals surface area contributed by atoms with Crippen molar-refractivity contribution in [2.45, 2.75) is 10.3 Å². The average Bonchev–Trinajstić information content (AvgIpc) is 2.91. The van der Waals surface area contributed by atoms with Gasteiger partial charge in [-0.1, -0.05) is 6.07 Å². The lowest BCUT2D eigenvalue weighted by Crippen LogP contribution is -2.54. The number of piperazine rings is 1. The minimum absolute atomic E-state index is 0.161. The van der Waals surface area contributed by atoms with E-state index < -0.39 is 0 Å². The maximum absolute atomic E-state index is 11.5. The summed E-state index contributed by atoms with van der Waals surface area (Å²) in [7, 11) is 1.44. The molecule has 1 aromatic heterocycles. The van der Waals surface area contributed by atoms with Crippen LogP contribution in [0.15, 0.2) is 21.7 Å². The number of rotatable bonds is 5. The Kier molecular flexibility index (Phi) is 5.49. The lowest BCUT2D eigenvalue weighted by Gasteiger charge is -2.31. The maximum atomic E-state index is 11.5. The van der Waals surface area contributed by atoms with E-state index in [1.165, 1.54) is 11.3 Å². The van der Waals surface area contributed by atoms with E-state index in [1.54, 1.807) is 11.3 Å². The van der Waals surface area contributed by atoms with Gasteiger partial charge in [0, 0.05) is 31.9 Å². The van der Waals surface area contributed by atoms with Gasteiger partial charge in [0.25, 0.3) is 0 Å². The van der Waals surface area contributed by atoms with Gasteiger partial charge in [-0.25, -0.2) is 0 Å². The number of nitrogens with zero attached hydrogens (tertiary/aromatic N) is 1. The molecule has 1 saturated heterocycles. The predicted molar refractivity (Wildman–Crippen MR) is 75.3 cm³/mol. The second kappa shape index (κ2) is 7.13. The van der Waals surface area contributed by atoms with Crippen LogP contribution in [0, 0.1) is 0 Å². The highest BCUT2D eigenvalue weighted by Gasteiger charge is 2.25. The Morgan fingerprint density at radius 1 is 1.72 bits per heavy atom. The van der Waals surface area contributed by atoms with Crippen LogP contribution in [0.25, 0.3) is 0 Å². The minimum atomic E-state index is -0.171. The molecule has 1 aliphatic rings. The highest BCUT2D eigenvalue weighted by molar-refractivity contribution is 8.01. The first-order valence-corrected chi connectivity index (χ1v) is 7.86. The maximum Gasteiger partial charge on any atom is 0.324 e. The van der Waals surface area contributed by atoms with Crippen molar-refractivity contribution in [3.05, 3.63) is 17.5 Å². The molecule has 4 nitrogen and oxygen atoms in total. The topological polar surface area (TPSA) is 41.6 Å². The fourth-order valence-corrected chi connectivity index (χ4v) is 3.80. The number of hydrogen-bond donors (Lipinski definition) is 1. The van der Waals surface area contributed by atoms with E-state index in [0.717, 1.165) is 31.9 Å². The number of nitrogens with one attached hydrogen (secondary N) is 1. The number of carbonyl (C=O) groups is 1. The lowest BCUT2D eigenvalue weighted by molar-refractivity contribution is -0.144. The molecule has 2 heterocycles. The number of ether oxygens (including phenoxy) is 1. The first-order valence-electron chi connectivity index (χ1n) is 5.99. The molecule has 6 heteroatoms. The average molecular weight is 286 g/mol. The molecule has 0 spiro atoms. The van der Waals surface area contributed by atoms with Crippen molar-refractivity contribution in [1.29, 1.82) is 0 Å². The van der Waals surface area contributed by atoms with Crippen molar-refractivity contribution in [1.82, 2.24) is 10.2 Å². The third-order valence-electron chi connectivity index (χ3n) is 2.89. The van der Waals surface area contributed by atoms with Crippen LogP contribution < -0.4 is 5.32 Å². The molecule has 0 unspecified atom stereocenters. The molecule has 0 radical (unpaired) electrons. The van der Waals surface area contributed by atoms with Gasteiger partial charge in [0.15, 0.2) is 0 Å². The van der Waals surface area contributed by atoms with E-state index in [9.17, 15) is 4.79 Å². The fourth-order valence-electron chi connectivity index (χ4n) is 1.94. The van der Waals surface area contributed by atoms with Gasteiger partial charge in [0.2, 0.25) is 0 Å². The van der Waals surface area contributed by atoms with E-state index in [2.05, 4.69) is 27.7 Å². The third kappa shape index (κ3) is 3.98. The molecule has 18 heavy (non-hydrogen) atoms. The second-order valence-electron chi connectivity index (χ2n) is 4.11. The van der Waals surface area contributed by atoms with Crippen molar-refractivity contribution in [3.8, 4) is 0 Å². The fraction of sp³-hybridized carbons (Fsp3) is 0.583. The van der Waals surface area contributed by atoms with Crippen LogP contribution in [0.3, 0.4) is 0 Å². The SMILES string of the molecule is COC(=O)[C@H]1CN(CCSc2cccs2)CCN1. The lowest BCUT2D eigenvalue weighted by atomic mass is 10.2. The zero-order valence-corrected chi connectivity index (χ0v) is 12.1. The van der Waals surface area contributed by atoms with Gasteiger partial charge in [0.1, 0.15) is 6.04 Å². The molecular formula is C12H18N2O2S2. The zero-order chi connectivity index (χ0) is 12.8. The van der Waals surface area contributed by atoms with E-state index in [-0.39, 0.29) is 12.0 Å². The van der Waals surface area contributed by atoms with E-state index in [0.29, 0.717) is 0 Å². The molecule has 2 rings (SSSR count). The van der Waals surface area contributed by atoms with Crippen LogP contribution >= 0.6 is 23.1 Å². The standard InChI is InChI=1S/C12H18N2O2S2/c1-16-12(15)10-9-14(5-4-13-10)6-8-18-11-3-2-7-17-11/h2-3,7,10,13H,4-6,8-9H2,1H3/t10-/m1/s1. The summed E-state index contributed by atoms with van der Waals surface area (Å²) >= 11 is 3.65. The van der Waals surface area contributed by atoms with Crippen molar-refractivity contribution < 1.29 is 9.53 Å². The Bertz CT molecular complexity index is 370. The highest BCUT2D eigenvalue weighted by atomic mass is 32.2. The number of thiophene rings is 1. The first-order chi connectivity index (χ1) is 8.79. The molecule has 0 aromatic carbocycles. The molecule has 0 amide bonds. The van der Waals surface area contributed by atoms with Crippen LogP contribution in [0.2, 0.25) is 0 Å². The molecule has 1 aliphatic heterocycles. The van der Waals surface area contributed by atoms with E-state index >= 15 is 0 Å². The smallest absolute Gasteiger partial charge is 0.324 e. The summed E-state index contributed by atoms with van der Waals surface area (Å²) in [5.74, 6) is 0.902. The largest absolute Gasteiger partial charge is 0.468 e. The summed E-state index contributed by atoms with van der Waals surface area (Å²) in [6.45, 7) is 3.61. The summed E-state index contributed by atoms with van der Waals surface area (Å²) in [4.78, 5) is 13.8. The van der Waals surface area contributed by atoms with Gasteiger partial charge in [-0.3, -0.25) is 9.69 Å². The zero-order valence-electron chi connectivity index (χ0n) is 10.4. The van der Waals surface area contributed by atoms with Crippen LogP contribution in [-0.4, -0.2) is 56.0 Å². The summed E-state index contributed by atoms with van der Waals surface area (Å²) in [6, 6.07) is 4.05. The second-order valence-corrected chi connectivity index (χ2v) is 6.45. The van der Waals surface area contributed by atoms with E-state index in [1.807, 2.05) is 11.8 Å². The van der Waals surface area contributed by atoms with Gasteiger partial charge < -0.3 is 10.1 Å². The van der Waals surface area contributed by atoms with Crippen LogP contribution in [0.5, 0.6) is 0 Å². The molecule has 0 aliphatic carbocycles. The molecule has 1 atom stereocenters. The number of carbonyl (C=O) groups excluding carboxylic acids is 1. The molecular weight excluding hydrogens is 268 g/mol. The minimum Gasteiger partial charge on any atom is -0.468 e. The normalized spacial score (nSPS) is 20.8. The van der Waals surface area contributed by atoms with Crippen molar-refractivity contribution in [2.24, 2.45) is 0 Å². The molecule has 100 valence electrons. The molecule has 0 bridgehead atoms. The van der Waals surface area contributed by atoms with Gasteiger partial charge in [-0.15, -0.1) is 23.1 Å². The number of thioether (sulfide) groups is 1. The molecule has 1 fully saturated rings. The predicted octanol–water partition coefficient (Wildman–Crippen LogP) is 1.29. The summed E-state index contributed by atoms with van der Waals surface area (Å²) in [5, 5.41) is 5.28. The Morgan fingerprint density at radius 3 is 3.33 bits per heavy atom. The Morgan fingerprint density at radius 2 is 2.61 bits per heavy atom. The molecule has 0 saturated carbocycles. The molecule has 1 aromatic rings. The van der Waals surface area contributed by atoms with Gasteiger partial charge in [0.05, 0.1) is 11.3 Å². The summed E-state index contributed by atoms with van der Waals surface area (Å²) < 4.78 is 6.13. The number of methoxy groups -OCH3 is 1. The van der Waals surface area contributed by atoms with Crippen molar-refractivity contribution >= 4 is 29.1 Å². The quantitative estimate of drug-likeness (QED) is 0.652. The first kappa shape index (κ1) is 13.9. The van der Waals surface area contributed by atoms with E-state index in [4.69, 9.17) is 4.74 Å².